The van der Waals surface area contributed by atoms with Crippen LogP contribution in [0.25, 0.3) is 10.8 Å². The number of benzene rings is 3. The van der Waals surface area contributed by atoms with Gasteiger partial charge in [-0.1, -0.05) is 13.3 Å². The summed E-state index contributed by atoms with van der Waals surface area (Å²) in [4.78, 5) is 12.1. The molecule has 0 fully saturated rings. The van der Waals surface area contributed by atoms with Crippen molar-refractivity contribution >= 4 is 16.7 Å². The van der Waals surface area contributed by atoms with Gasteiger partial charge in [-0.15, -0.1) is 0 Å². The Bertz CT molecular complexity index is 1020. The summed E-state index contributed by atoms with van der Waals surface area (Å²) < 4.78 is 73.4. The van der Waals surface area contributed by atoms with Crippen molar-refractivity contribution in [2.75, 3.05) is 0 Å². The monoisotopic (exact) mass is 380 g/mol. The molecule has 0 N–H and O–H groups in total. The Labute approximate surface area is 151 Å². The second kappa shape index (κ2) is 7.34. The third-order valence-electron chi connectivity index (χ3n) is 4.00. The number of hydrogen-bond acceptors (Lipinski definition) is 2. The Kier molecular flexibility index (Phi) is 5.12. The number of esters is 1. The van der Waals surface area contributed by atoms with E-state index in [1.54, 1.807) is 0 Å². The molecule has 0 heterocycles. The van der Waals surface area contributed by atoms with E-state index in [1.165, 1.54) is 0 Å². The topological polar surface area (TPSA) is 26.3 Å². The van der Waals surface area contributed by atoms with Gasteiger partial charge in [-0.2, -0.15) is 0 Å². The number of halogens is 5. The maximum atomic E-state index is 14.1. The van der Waals surface area contributed by atoms with Gasteiger partial charge in [0, 0.05) is 5.39 Å². The van der Waals surface area contributed by atoms with Crippen LogP contribution in [-0.4, -0.2) is 5.97 Å². The summed E-state index contributed by atoms with van der Waals surface area (Å²) in [6.45, 7) is 1.84. The molecular weight excluding hydrogens is 367 g/mol. The first-order valence-electron chi connectivity index (χ1n) is 8.09. The number of carbonyl (C=O) groups is 1. The van der Waals surface area contributed by atoms with E-state index >= 15 is 0 Å². The van der Waals surface area contributed by atoms with Gasteiger partial charge in [0.1, 0.15) is 22.9 Å². The standard InChI is InChI=1S/C20H13F5O2/c1-2-3-10-6-14(21)17(15(22)7-10)20(26)27-12-4-5-13-11(8-12)9-16(23)19(25)18(13)24/h4-9H,2-3H2,1H3. The quantitative estimate of drug-likeness (QED) is 0.251. The Morgan fingerprint density at radius 3 is 2.19 bits per heavy atom. The Balaban J connectivity index is 1.93. The van der Waals surface area contributed by atoms with Crippen molar-refractivity contribution in [3.63, 3.8) is 0 Å². The van der Waals surface area contributed by atoms with E-state index in [0.717, 1.165) is 36.4 Å². The molecule has 3 aromatic rings. The van der Waals surface area contributed by atoms with Gasteiger partial charge in [0.2, 0.25) is 0 Å². The van der Waals surface area contributed by atoms with E-state index in [2.05, 4.69) is 0 Å². The zero-order valence-electron chi connectivity index (χ0n) is 14.1. The number of rotatable bonds is 4. The molecule has 0 bridgehead atoms. The van der Waals surface area contributed by atoms with Crippen LogP contribution < -0.4 is 4.74 Å². The van der Waals surface area contributed by atoms with Crippen LogP contribution in [0.5, 0.6) is 5.75 Å². The second-order valence-electron chi connectivity index (χ2n) is 5.94. The summed E-state index contributed by atoms with van der Waals surface area (Å²) in [5.41, 5.74) is -0.464. The molecule has 0 amide bonds. The molecule has 0 aliphatic carbocycles. The molecule has 7 heteroatoms. The van der Waals surface area contributed by atoms with E-state index in [4.69, 9.17) is 4.74 Å². The van der Waals surface area contributed by atoms with Gasteiger partial charge < -0.3 is 4.74 Å². The number of carbonyl (C=O) groups excluding carboxylic acids is 1. The molecule has 0 aromatic heterocycles. The molecule has 2 nitrogen and oxygen atoms in total. The minimum absolute atomic E-state index is 0.0732. The van der Waals surface area contributed by atoms with Gasteiger partial charge in [-0.3, -0.25) is 0 Å². The predicted octanol–water partition coefficient (Wildman–Crippen LogP) is 5.71. The highest BCUT2D eigenvalue weighted by Gasteiger charge is 2.21. The maximum Gasteiger partial charge on any atom is 0.349 e. The van der Waals surface area contributed by atoms with Crippen LogP contribution in [0.3, 0.4) is 0 Å². The van der Waals surface area contributed by atoms with E-state index in [0.29, 0.717) is 18.4 Å². The molecule has 3 aromatic carbocycles. The first kappa shape index (κ1) is 18.8. The van der Waals surface area contributed by atoms with Crippen molar-refractivity contribution in [3.8, 4) is 5.75 Å². The number of hydrogen-bond donors (Lipinski definition) is 0. The lowest BCUT2D eigenvalue weighted by molar-refractivity contribution is 0.0725. The fourth-order valence-corrected chi connectivity index (χ4v) is 2.76. The minimum Gasteiger partial charge on any atom is -0.423 e. The lowest BCUT2D eigenvalue weighted by Crippen LogP contribution is -2.14. The highest BCUT2D eigenvalue weighted by Crippen LogP contribution is 2.27. The minimum atomic E-state index is -1.62. The molecule has 140 valence electrons. The van der Waals surface area contributed by atoms with Crippen molar-refractivity contribution in [1.82, 2.24) is 0 Å². The van der Waals surface area contributed by atoms with Gasteiger partial charge in [0.15, 0.2) is 17.5 Å². The van der Waals surface area contributed by atoms with Crippen LogP contribution in [0.2, 0.25) is 0 Å². The van der Waals surface area contributed by atoms with E-state index in [1.807, 2.05) is 6.92 Å². The molecule has 0 aliphatic rings. The van der Waals surface area contributed by atoms with Gasteiger partial charge >= 0.3 is 5.97 Å². The van der Waals surface area contributed by atoms with Gasteiger partial charge in [0.05, 0.1) is 0 Å². The van der Waals surface area contributed by atoms with Crippen molar-refractivity contribution in [2.24, 2.45) is 0 Å². The van der Waals surface area contributed by atoms with Gasteiger partial charge in [-0.25, -0.2) is 26.7 Å². The third-order valence-corrected chi connectivity index (χ3v) is 4.00. The zero-order valence-corrected chi connectivity index (χ0v) is 14.1. The summed E-state index contributed by atoms with van der Waals surface area (Å²) in [6, 6.07) is 6.09. The van der Waals surface area contributed by atoms with Crippen LogP contribution in [-0.2, 0) is 6.42 Å². The number of ether oxygens (including phenoxy) is 1. The molecule has 27 heavy (non-hydrogen) atoms. The molecule has 3 rings (SSSR count). The molecule has 0 spiro atoms. The molecule has 0 saturated carbocycles. The van der Waals surface area contributed by atoms with Crippen molar-refractivity contribution in [1.29, 1.82) is 0 Å². The smallest absolute Gasteiger partial charge is 0.349 e. The molecule has 0 unspecified atom stereocenters. The molecule has 0 atom stereocenters. The summed E-state index contributed by atoms with van der Waals surface area (Å²) in [5, 5.41) is -0.300. The van der Waals surface area contributed by atoms with Crippen LogP contribution in [0.1, 0.15) is 29.3 Å². The SMILES string of the molecule is CCCc1cc(F)c(C(=O)Oc2ccc3c(F)c(F)c(F)cc3c2)c(F)c1. The van der Waals surface area contributed by atoms with Crippen LogP contribution in [0, 0.1) is 29.1 Å². The average molecular weight is 380 g/mol. The second-order valence-corrected chi connectivity index (χ2v) is 5.94. The fourth-order valence-electron chi connectivity index (χ4n) is 2.76. The lowest BCUT2D eigenvalue weighted by atomic mass is 10.1. The van der Waals surface area contributed by atoms with E-state index in [9.17, 15) is 26.7 Å². The van der Waals surface area contributed by atoms with Crippen LogP contribution in [0.15, 0.2) is 36.4 Å². The first-order valence-corrected chi connectivity index (χ1v) is 8.09. The van der Waals surface area contributed by atoms with Crippen molar-refractivity contribution in [2.45, 2.75) is 19.8 Å². The van der Waals surface area contributed by atoms with Crippen LogP contribution >= 0.6 is 0 Å². The van der Waals surface area contributed by atoms with Crippen molar-refractivity contribution < 1.29 is 31.5 Å². The maximum absolute atomic E-state index is 14.1. The Morgan fingerprint density at radius 1 is 0.889 bits per heavy atom. The fraction of sp³-hybridized carbons (Fsp3) is 0.150. The number of fused-ring (bicyclic) bond motifs is 1. The predicted molar refractivity (Wildman–Crippen MR) is 89.1 cm³/mol. The molecule has 0 saturated heterocycles. The molecular formula is C20H13F5O2. The highest BCUT2D eigenvalue weighted by atomic mass is 19.2. The summed E-state index contributed by atoms with van der Waals surface area (Å²) in [6.07, 6.45) is 1.12. The average Bonchev–Trinajstić information content (AvgIpc) is 2.59. The normalized spacial score (nSPS) is 11.0. The van der Waals surface area contributed by atoms with Gasteiger partial charge in [0.25, 0.3) is 0 Å². The highest BCUT2D eigenvalue weighted by molar-refractivity contribution is 5.92. The van der Waals surface area contributed by atoms with Crippen molar-refractivity contribution in [3.05, 3.63) is 76.6 Å². The Hall–Kier alpha value is -2.96. The zero-order chi connectivity index (χ0) is 19.7. The number of aryl methyl sites for hydroxylation is 1. The van der Waals surface area contributed by atoms with E-state index < -0.39 is 40.6 Å². The van der Waals surface area contributed by atoms with Crippen LogP contribution in [0.4, 0.5) is 22.0 Å². The van der Waals surface area contributed by atoms with Gasteiger partial charge in [-0.05, 0) is 53.8 Å². The molecule has 0 radical (unpaired) electrons. The molecule has 0 aliphatic heterocycles. The summed E-state index contributed by atoms with van der Waals surface area (Å²) >= 11 is 0. The Morgan fingerprint density at radius 2 is 1.56 bits per heavy atom. The lowest BCUT2D eigenvalue weighted by Gasteiger charge is -2.09. The van der Waals surface area contributed by atoms with E-state index in [-0.39, 0.29) is 16.5 Å². The first-order chi connectivity index (χ1) is 12.8. The third kappa shape index (κ3) is 3.63. The summed E-state index contributed by atoms with van der Waals surface area (Å²) in [7, 11) is 0. The largest absolute Gasteiger partial charge is 0.423 e. The summed E-state index contributed by atoms with van der Waals surface area (Å²) in [5.74, 6) is -8.04.